The van der Waals surface area contributed by atoms with E-state index in [-0.39, 0.29) is 5.92 Å². The van der Waals surface area contributed by atoms with Gasteiger partial charge in [-0.05, 0) is 41.3 Å². The van der Waals surface area contributed by atoms with Crippen LogP contribution in [0.3, 0.4) is 0 Å². The molecule has 3 aromatic heterocycles. The van der Waals surface area contributed by atoms with Gasteiger partial charge in [-0.1, -0.05) is 146 Å². The summed E-state index contributed by atoms with van der Waals surface area (Å²) >= 11 is 0. The molecule has 0 spiro atoms. The van der Waals surface area contributed by atoms with E-state index in [9.17, 15) is 0 Å². The number of furan rings is 1. The third-order valence-electron chi connectivity index (χ3n) is 9.83. The van der Waals surface area contributed by atoms with Crippen molar-refractivity contribution in [3.05, 3.63) is 186 Å². The Balaban J connectivity index is 1.27. The van der Waals surface area contributed by atoms with Crippen molar-refractivity contribution in [1.29, 1.82) is 0 Å². The second-order valence-corrected chi connectivity index (χ2v) is 12.8. The molecule has 5 heteroatoms. The summed E-state index contributed by atoms with van der Waals surface area (Å²) in [4.78, 5) is 15.7. The Bertz CT molecular complexity index is 2730. The molecular weight excluding hydrogens is 613 g/mol. The normalized spacial score (nSPS) is 14.2. The second-order valence-electron chi connectivity index (χ2n) is 12.8. The van der Waals surface area contributed by atoms with E-state index >= 15 is 0 Å². The van der Waals surface area contributed by atoms with Crippen molar-refractivity contribution < 1.29 is 4.42 Å². The van der Waals surface area contributed by atoms with Crippen molar-refractivity contribution in [3.63, 3.8) is 0 Å². The first-order valence-electron chi connectivity index (χ1n) is 17.0. The van der Waals surface area contributed by atoms with E-state index in [1.54, 1.807) is 0 Å². The zero-order valence-electron chi connectivity index (χ0n) is 27.1. The Labute approximate surface area is 288 Å². The number of benzene rings is 6. The summed E-state index contributed by atoms with van der Waals surface area (Å²) < 4.78 is 8.57. The third kappa shape index (κ3) is 4.59. The second kappa shape index (κ2) is 11.5. The first-order valence-corrected chi connectivity index (χ1v) is 17.0. The summed E-state index contributed by atoms with van der Waals surface area (Å²) in [5.41, 5.74) is 10.7. The number of hydrogen-bond acceptors (Lipinski definition) is 4. The van der Waals surface area contributed by atoms with Gasteiger partial charge in [0, 0.05) is 44.5 Å². The maximum absolute atomic E-state index is 6.29. The highest BCUT2D eigenvalue weighted by Gasteiger charge is 2.30. The van der Waals surface area contributed by atoms with Crippen molar-refractivity contribution >= 4 is 38.4 Å². The van der Waals surface area contributed by atoms with Crippen molar-refractivity contribution in [2.75, 3.05) is 0 Å². The van der Waals surface area contributed by atoms with Crippen molar-refractivity contribution in [2.45, 2.75) is 12.3 Å². The molecule has 10 rings (SSSR count). The molecule has 236 valence electrons. The number of para-hydroxylation sites is 2. The van der Waals surface area contributed by atoms with Gasteiger partial charge in [0.05, 0.1) is 5.52 Å². The van der Waals surface area contributed by atoms with Crippen LogP contribution in [0, 0.1) is 0 Å². The lowest BCUT2D eigenvalue weighted by atomic mass is 9.81. The van der Waals surface area contributed by atoms with Gasteiger partial charge in [-0.15, -0.1) is 0 Å². The Morgan fingerprint density at radius 3 is 1.98 bits per heavy atom. The van der Waals surface area contributed by atoms with E-state index in [1.165, 1.54) is 33.3 Å². The highest BCUT2D eigenvalue weighted by atomic mass is 16.3. The highest BCUT2D eigenvalue weighted by Crippen LogP contribution is 2.44. The summed E-state index contributed by atoms with van der Waals surface area (Å²) in [6, 6.07) is 54.6. The molecule has 0 fully saturated rings. The summed E-state index contributed by atoms with van der Waals surface area (Å²) in [6.45, 7) is 0. The number of hydrogen-bond donors (Lipinski definition) is 0. The van der Waals surface area contributed by atoms with E-state index in [0.29, 0.717) is 17.6 Å². The van der Waals surface area contributed by atoms with E-state index in [1.807, 2.05) is 48.5 Å². The van der Waals surface area contributed by atoms with Crippen LogP contribution < -0.4 is 0 Å². The highest BCUT2D eigenvalue weighted by molar-refractivity contribution is 6.11. The van der Waals surface area contributed by atoms with E-state index < -0.39 is 0 Å². The molecule has 0 saturated heterocycles. The molecule has 3 heterocycles. The number of nitrogens with zero attached hydrogens (tertiary/aromatic N) is 4. The first-order chi connectivity index (χ1) is 24.8. The topological polar surface area (TPSA) is 56.7 Å². The van der Waals surface area contributed by atoms with Crippen molar-refractivity contribution in [2.24, 2.45) is 0 Å². The molecule has 50 heavy (non-hydrogen) atoms. The van der Waals surface area contributed by atoms with Crippen LogP contribution >= 0.6 is 0 Å². The molecular formula is C45H30N4O. The van der Waals surface area contributed by atoms with E-state index in [4.69, 9.17) is 19.4 Å². The average Bonchev–Trinajstić information content (AvgIpc) is 3.74. The van der Waals surface area contributed by atoms with E-state index in [0.717, 1.165) is 45.0 Å². The van der Waals surface area contributed by atoms with Crippen molar-refractivity contribution in [1.82, 2.24) is 19.5 Å². The van der Waals surface area contributed by atoms with Gasteiger partial charge in [-0.2, -0.15) is 9.97 Å². The van der Waals surface area contributed by atoms with E-state index in [2.05, 4.69) is 120 Å². The van der Waals surface area contributed by atoms with Gasteiger partial charge in [0.25, 0.3) is 0 Å². The Morgan fingerprint density at radius 2 is 1.18 bits per heavy atom. The summed E-state index contributed by atoms with van der Waals surface area (Å²) in [6.07, 6.45) is 3.25. The molecule has 6 aromatic carbocycles. The minimum atomic E-state index is 0.169. The van der Waals surface area contributed by atoms with Crippen LogP contribution in [0.5, 0.6) is 0 Å². The van der Waals surface area contributed by atoms with Crippen LogP contribution in [0.15, 0.2) is 168 Å². The molecule has 9 aromatic rings. The molecule has 1 aliphatic carbocycles. The fraction of sp³-hybridized carbons (Fsp3) is 0.0444. The monoisotopic (exact) mass is 642 g/mol. The van der Waals surface area contributed by atoms with Gasteiger partial charge in [-0.3, -0.25) is 4.57 Å². The molecule has 5 nitrogen and oxygen atoms in total. The predicted molar refractivity (Wildman–Crippen MR) is 201 cm³/mol. The average molecular weight is 643 g/mol. The SMILES string of the molecule is C1=C(c2ccccc2)c2c(n(-c3nc(-c4ccccc4)nc(-c4cccc5oc6ccccc6c45)n3)c3ccccc23)CC1c1ccccc1. The lowest BCUT2D eigenvalue weighted by molar-refractivity contribution is 0.669. The van der Waals surface area contributed by atoms with Crippen LogP contribution in [-0.2, 0) is 6.42 Å². The minimum absolute atomic E-state index is 0.169. The Morgan fingerprint density at radius 1 is 0.540 bits per heavy atom. The molecule has 1 atom stereocenters. The Hall–Kier alpha value is -6.59. The van der Waals surface area contributed by atoms with Gasteiger partial charge < -0.3 is 4.42 Å². The fourth-order valence-corrected chi connectivity index (χ4v) is 7.60. The van der Waals surface area contributed by atoms with Crippen LogP contribution in [0.4, 0.5) is 0 Å². The molecule has 0 bridgehead atoms. The quantitative estimate of drug-likeness (QED) is 0.187. The number of fused-ring (bicyclic) bond motifs is 6. The summed E-state index contributed by atoms with van der Waals surface area (Å²) in [5.74, 6) is 1.99. The standard InChI is InChI=1S/C45H30N4O/c1-4-15-29(16-5-1)32-27-36(30-17-6-2-7-18-30)41-33-21-10-12-24-37(33)49(38(41)28-32)45-47-43(31-19-8-3-9-20-31)46-44(48-45)35-23-14-26-40-42(35)34-22-11-13-25-39(34)50-40/h1-27,32H,28H2. The number of aromatic nitrogens is 4. The van der Waals surface area contributed by atoms with Gasteiger partial charge >= 0.3 is 0 Å². The predicted octanol–water partition coefficient (Wildman–Crippen LogP) is 10.8. The van der Waals surface area contributed by atoms with Gasteiger partial charge in [0.15, 0.2) is 11.6 Å². The first kappa shape index (κ1) is 28.4. The largest absolute Gasteiger partial charge is 0.456 e. The number of rotatable bonds is 5. The summed E-state index contributed by atoms with van der Waals surface area (Å²) in [7, 11) is 0. The minimum Gasteiger partial charge on any atom is -0.456 e. The molecule has 0 N–H and O–H groups in total. The molecule has 1 unspecified atom stereocenters. The van der Waals surface area contributed by atoms with Gasteiger partial charge in [0.2, 0.25) is 5.95 Å². The third-order valence-corrected chi connectivity index (χ3v) is 9.83. The zero-order valence-corrected chi connectivity index (χ0v) is 27.1. The van der Waals surface area contributed by atoms with Gasteiger partial charge in [-0.25, -0.2) is 4.98 Å². The summed E-state index contributed by atoms with van der Waals surface area (Å²) in [5, 5.41) is 3.21. The molecule has 0 radical (unpaired) electrons. The van der Waals surface area contributed by atoms with Crippen LogP contribution in [0.1, 0.15) is 28.3 Å². The molecule has 0 saturated carbocycles. The molecule has 1 aliphatic rings. The maximum atomic E-state index is 6.29. The van der Waals surface area contributed by atoms with Gasteiger partial charge in [0.1, 0.15) is 11.2 Å². The number of allylic oxidation sites excluding steroid dienone is 1. The fourth-order valence-electron chi connectivity index (χ4n) is 7.60. The van der Waals surface area contributed by atoms with Crippen LogP contribution in [0.25, 0.3) is 67.1 Å². The van der Waals surface area contributed by atoms with Crippen LogP contribution in [-0.4, -0.2) is 19.5 Å². The smallest absolute Gasteiger partial charge is 0.238 e. The van der Waals surface area contributed by atoms with Crippen molar-refractivity contribution in [3.8, 4) is 28.7 Å². The molecule has 0 amide bonds. The Kier molecular flexibility index (Phi) is 6.56. The zero-order chi connectivity index (χ0) is 33.0. The molecule has 0 aliphatic heterocycles. The lowest BCUT2D eigenvalue weighted by Gasteiger charge is -2.24. The lowest BCUT2D eigenvalue weighted by Crippen LogP contribution is -2.15. The maximum Gasteiger partial charge on any atom is 0.238 e. The van der Waals surface area contributed by atoms with Crippen LogP contribution in [0.2, 0.25) is 0 Å².